The predicted molar refractivity (Wildman–Crippen MR) is 175 cm³/mol. The molecule has 1 amide bonds. The third-order valence-electron chi connectivity index (χ3n) is 9.37. The highest BCUT2D eigenvalue weighted by Crippen LogP contribution is 2.36. The number of likely N-dealkylation sites (N-methyl/N-ethyl adjacent to an activating group) is 1. The Kier molecular flexibility index (Phi) is 8.61. The molecule has 1 saturated heterocycles. The summed E-state index contributed by atoms with van der Waals surface area (Å²) >= 11 is 0. The molecule has 1 fully saturated rings. The summed E-state index contributed by atoms with van der Waals surface area (Å²) in [4.78, 5) is 26.4. The normalized spacial score (nSPS) is 15.9. The van der Waals surface area contributed by atoms with Gasteiger partial charge in [0.1, 0.15) is 11.5 Å². The first-order chi connectivity index (χ1) is 23.4. The summed E-state index contributed by atoms with van der Waals surface area (Å²) in [6.45, 7) is 3.59. The third-order valence-corrected chi connectivity index (χ3v) is 9.37. The van der Waals surface area contributed by atoms with E-state index in [-0.39, 0.29) is 47.9 Å². The van der Waals surface area contributed by atoms with E-state index in [0.717, 1.165) is 30.9 Å². The summed E-state index contributed by atoms with van der Waals surface area (Å²) in [7, 11) is 3.77. The number of rotatable bonds is 7. The van der Waals surface area contributed by atoms with Gasteiger partial charge in [-0.15, -0.1) is 0 Å². The molecule has 5 aromatic rings. The number of anilines is 2. The lowest BCUT2D eigenvalue weighted by Gasteiger charge is -2.33. The van der Waals surface area contributed by atoms with Crippen molar-refractivity contribution in [1.29, 1.82) is 0 Å². The minimum atomic E-state index is -4.56. The molecule has 9 nitrogen and oxygen atoms in total. The van der Waals surface area contributed by atoms with Crippen LogP contribution in [-0.4, -0.2) is 80.1 Å². The van der Waals surface area contributed by atoms with Crippen LogP contribution >= 0.6 is 0 Å². The van der Waals surface area contributed by atoms with Crippen LogP contribution in [0.1, 0.15) is 27.8 Å². The lowest BCUT2D eigenvalue weighted by Crippen LogP contribution is -2.44. The topological polar surface area (TPSA) is 85.3 Å². The second-order valence-electron chi connectivity index (χ2n) is 12.9. The van der Waals surface area contributed by atoms with E-state index in [1.165, 1.54) is 12.1 Å². The van der Waals surface area contributed by atoms with Crippen molar-refractivity contribution in [3.8, 4) is 11.3 Å². The molecule has 2 N–H and O–H groups in total. The number of aromatic nitrogens is 4. The maximum absolute atomic E-state index is 15.3. The number of carbonyl (C=O) groups is 1. The van der Waals surface area contributed by atoms with Gasteiger partial charge in [0, 0.05) is 70.0 Å². The van der Waals surface area contributed by atoms with E-state index in [0.29, 0.717) is 53.9 Å². The van der Waals surface area contributed by atoms with Gasteiger partial charge in [0.05, 0.1) is 41.4 Å². The molecule has 0 radical (unpaired) electrons. The van der Waals surface area contributed by atoms with E-state index < -0.39 is 23.4 Å². The van der Waals surface area contributed by atoms with Crippen LogP contribution in [-0.2, 0) is 43.9 Å². The largest absolute Gasteiger partial charge is 0.416 e. The van der Waals surface area contributed by atoms with E-state index in [2.05, 4.69) is 25.3 Å². The summed E-state index contributed by atoms with van der Waals surface area (Å²) in [5, 5.41) is 7.48. The Morgan fingerprint density at radius 1 is 0.959 bits per heavy atom. The van der Waals surface area contributed by atoms with E-state index in [1.54, 1.807) is 47.2 Å². The molecule has 2 aliphatic heterocycles. The second kappa shape index (κ2) is 12.9. The summed E-state index contributed by atoms with van der Waals surface area (Å²) in [5.41, 5.74) is 3.02. The summed E-state index contributed by atoms with van der Waals surface area (Å²) in [6, 6.07) is 8.81. The van der Waals surface area contributed by atoms with Gasteiger partial charge in [-0.3, -0.25) is 14.4 Å². The van der Waals surface area contributed by atoms with Gasteiger partial charge < -0.3 is 20.1 Å². The van der Waals surface area contributed by atoms with E-state index in [9.17, 15) is 18.0 Å². The Bertz CT molecular complexity index is 2030. The van der Waals surface area contributed by atoms with Gasteiger partial charge in [-0.1, -0.05) is 12.1 Å². The Hall–Kier alpha value is -4.82. The number of aryl methyl sites for hydroxylation is 1. The maximum Gasteiger partial charge on any atom is 0.416 e. The predicted octanol–water partition coefficient (Wildman–Crippen LogP) is 5.88. The van der Waals surface area contributed by atoms with Crippen molar-refractivity contribution in [2.75, 3.05) is 45.1 Å². The number of alkyl halides is 3. The molecule has 0 atom stereocenters. The first kappa shape index (κ1) is 32.7. The molecule has 7 rings (SSSR count). The minimum absolute atomic E-state index is 0.0225. The average molecular weight is 679 g/mol. The van der Waals surface area contributed by atoms with Gasteiger partial charge in [0.2, 0.25) is 5.91 Å². The van der Waals surface area contributed by atoms with Crippen molar-refractivity contribution >= 4 is 28.3 Å². The second-order valence-corrected chi connectivity index (χ2v) is 12.9. The van der Waals surface area contributed by atoms with E-state index >= 15 is 8.78 Å². The molecule has 5 heterocycles. The molecule has 0 unspecified atom stereocenters. The van der Waals surface area contributed by atoms with Crippen LogP contribution in [0.3, 0.4) is 0 Å². The van der Waals surface area contributed by atoms with E-state index in [1.807, 2.05) is 11.9 Å². The average Bonchev–Trinajstić information content (AvgIpc) is 3.70. The molecule has 2 aromatic carbocycles. The van der Waals surface area contributed by atoms with Crippen LogP contribution in [0, 0.1) is 11.6 Å². The lowest BCUT2D eigenvalue weighted by atomic mass is 9.97. The number of amides is 1. The third kappa shape index (κ3) is 6.88. The van der Waals surface area contributed by atoms with Crippen LogP contribution in [0.4, 0.5) is 33.3 Å². The Balaban J connectivity index is 1.08. The number of piperazine rings is 1. The zero-order valence-electron chi connectivity index (χ0n) is 27.0. The van der Waals surface area contributed by atoms with Crippen LogP contribution in [0.2, 0.25) is 0 Å². The zero-order valence-corrected chi connectivity index (χ0v) is 27.0. The molecular formula is C35H35F5N8O. The monoisotopic (exact) mass is 678 g/mol. The van der Waals surface area contributed by atoms with Crippen molar-refractivity contribution in [2.45, 2.75) is 32.1 Å². The van der Waals surface area contributed by atoms with Gasteiger partial charge >= 0.3 is 6.18 Å². The van der Waals surface area contributed by atoms with E-state index in [4.69, 9.17) is 0 Å². The molecule has 0 bridgehead atoms. The van der Waals surface area contributed by atoms with Gasteiger partial charge in [-0.05, 0) is 60.0 Å². The number of hydrogen-bond acceptors (Lipinski definition) is 6. The first-order valence-electron chi connectivity index (χ1n) is 16.0. The smallest absolute Gasteiger partial charge is 0.350 e. The quantitative estimate of drug-likeness (QED) is 0.209. The number of aromatic amines is 1. The number of nitrogens with zero attached hydrogens (tertiary/aromatic N) is 6. The number of nitrogens with one attached hydrogen (secondary N) is 2. The SMILES string of the molecule is CN1CCN(Cc2ccc(CC(=O)N3CCc4cc(F)c(Nc5c(F)cnc6[nH]c(-c7cnn(C)c7)cc56)cc4C3)cc2C(F)(F)F)CC1. The number of pyridine rings is 1. The Morgan fingerprint density at radius 2 is 1.76 bits per heavy atom. The molecule has 2 aliphatic rings. The Labute approximate surface area is 279 Å². The van der Waals surface area contributed by atoms with Crippen LogP contribution in [0.25, 0.3) is 22.3 Å². The molecule has 3 aromatic heterocycles. The number of carbonyl (C=O) groups excluding carboxylic acids is 1. The van der Waals surface area contributed by atoms with Crippen molar-refractivity contribution in [3.05, 3.63) is 94.4 Å². The molecule has 0 aliphatic carbocycles. The minimum Gasteiger partial charge on any atom is -0.350 e. The molecule has 0 spiro atoms. The van der Waals surface area contributed by atoms with Crippen LogP contribution in [0.5, 0.6) is 0 Å². The summed E-state index contributed by atoms with van der Waals surface area (Å²) in [5.74, 6) is -1.59. The fraction of sp³-hybridized carbons (Fsp3) is 0.343. The molecular weight excluding hydrogens is 643 g/mol. The van der Waals surface area contributed by atoms with Gasteiger partial charge in [-0.2, -0.15) is 18.3 Å². The fourth-order valence-electron chi connectivity index (χ4n) is 6.58. The highest BCUT2D eigenvalue weighted by atomic mass is 19.4. The van der Waals surface area contributed by atoms with Gasteiger partial charge in [0.25, 0.3) is 0 Å². The fourth-order valence-corrected chi connectivity index (χ4v) is 6.58. The number of H-pyrrole nitrogens is 1. The summed E-state index contributed by atoms with van der Waals surface area (Å²) in [6.07, 6.45) is 0.115. The molecule has 14 heteroatoms. The molecule has 0 saturated carbocycles. The van der Waals surface area contributed by atoms with Crippen molar-refractivity contribution in [3.63, 3.8) is 0 Å². The number of benzene rings is 2. The zero-order chi connectivity index (χ0) is 34.4. The maximum atomic E-state index is 15.3. The van der Waals surface area contributed by atoms with Crippen LogP contribution < -0.4 is 5.32 Å². The summed E-state index contributed by atoms with van der Waals surface area (Å²) < 4.78 is 74.5. The van der Waals surface area contributed by atoms with Gasteiger partial charge in [-0.25, -0.2) is 13.8 Å². The molecule has 256 valence electrons. The van der Waals surface area contributed by atoms with Crippen molar-refractivity contribution in [2.24, 2.45) is 7.05 Å². The van der Waals surface area contributed by atoms with Crippen molar-refractivity contribution in [1.82, 2.24) is 34.4 Å². The highest BCUT2D eigenvalue weighted by Gasteiger charge is 2.34. The molecule has 49 heavy (non-hydrogen) atoms. The first-order valence-corrected chi connectivity index (χ1v) is 16.0. The number of halogens is 5. The van der Waals surface area contributed by atoms with Gasteiger partial charge in [0.15, 0.2) is 5.82 Å². The number of hydrogen-bond donors (Lipinski definition) is 2. The van der Waals surface area contributed by atoms with Crippen LogP contribution in [0.15, 0.2) is 55.0 Å². The van der Waals surface area contributed by atoms with Crippen molar-refractivity contribution < 1.29 is 26.7 Å². The lowest BCUT2D eigenvalue weighted by molar-refractivity contribution is -0.138. The Morgan fingerprint density at radius 3 is 2.49 bits per heavy atom. The number of fused-ring (bicyclic) bond motifs is 2. The standard InChI is InChI=1S/C35H35F5N8O/c1-45-7-9-47(10-8-45)19-23-4-3-21(11-27(23)35(38,39)40)12-32(49)48-6-5-22-13-28(36)31(14-24(22)20-48)43-33-26-15-30(25-16-42-46(2)18-25)44-34(26)41-17-29(33)37/h3-4,11,13-18H,5-10,12,19-20H2,1-2H3,(H2,41,43,44). The highest BCUT2D eigenvalue weighted by molar-refractivity contribution is 5.95.